The number of nitrogens with two attached hydrogens (primary N) is 1. The third kappa shape index (κ3) is 5.94. The van der Waals surface area contributed by atoms with Crippen LogP contribution in [0.15, 0.2) is 77.8 Å². The molecule has 182 valence electrons. The van der Waals surface area contributed by atoms with Crippen molar-refractivity contribution in [1.29, 1.82) is 0 Å². The van der Waals surface area contributed by atoms with E-state index in [4.69, 9.17) is 10.3 Å². The third-order valence-corrected chi connectivity index (χ3v) is 6.91. The van der Waals surface area contributed by atoms with Crippen LogP contribution in [0.1, 0.15) is 40.2 Å². The fourth-order valence-corrected chi connectivity index (χ4v) is 4.60. The zero-order valence-corrected chi connectivity index (χ0v) is 20.2. The summed E-state index contributed by atoms with van der Waals surface area (Å²) in [4.78, 5) is 11.5. The average molecular weight is 493 g/mol. The largest absolute Gasteiger partial charge is 0.366 e. The van der Waals surface area contributed by atoms with E-state index in [1.54, 1.807) is 22.9 Å². The number of hydrogen-bond acceptors (Lipinski definition) is 5. The van der Waals surface area contributed by atoms with E-state index in [1.165, 1.54) is 30.5 Å². The Balaban J connectivity index is 0.000000221. The lowest BCUT2D eigenvalue weighted by molar-refractivity contribution is 0.100. The molecule has 1 aliphatic rings. The Morgan fingerprint density at radius 3 is 2.40 bits per heavy atom. The van der Waals surface area contributed by atoms with Gasteiger partial charge in [-0.1, -0.05) is 42.0 Å². The summed E-state index contributed by atoms with van der Waals surface area (Å²) in [6.45, 7) is 4.01. The number of aryl methyl sites for hydroxylation is 1. The highest BCUT2D eigenvalue weighted by Gasteiger charge is 2.15. The molecule has 1 aromatic heterocycles. The van der Waals surface area contributed by atoms with Crippen molar-refractivity contribution in [1.82, 2.24) is 15.1 Å². The molecule has 5 rings (SSSR count). The van der Waals surface area contributed by atoms with Gasteiger partial charge in [0.2, 0.25) is 0 Å². The molecule has 0 spiro atoms. The van der Waals surface area contributed by atoms with Crippen molar-refractivity contribution < 1.29 is 17.8 Å². The summed E-state index contributed by atoms with van der Waals surface area (Å²) in [5.41, 5.74) is 9.83. The molecule has 4 N–H and O–H groups in total. The first-order valence-electron chi connectivity index (χ1n) is 11.4. The smallest absolute Gasteiger partial charge is 0.294 e. The molecule has 0 bridgehead atoms. The van der Waals surface area contributed by atoms with Gasteiger partial charge in [0, 0.05) is 18.1 Å². The number of benzene rings is 3. The van der Waals surface area contributed by atoms with E-state index in [2.05, 4.69) is 34.7 Å². The van der Waals surface area contributed by atoms with E-state index < -0.39 is 16.0 Å². The van der Waals surface area contributed by atoms with Gasteiger partial charge in [0.05, 0.1) is 16.1 Å². The second-order valence-corrected chi connectivity index (χ2v) is 10.0. The molecule has 1 atom stereocenters. The highest BCUT2D eigenvalue weighted by Crippen LogP contribution is 2.25. The van der Waals surface area contributed by atoms with Crippen LogP contribution in [0.3, 0.4) is 0 Å². The van der Waals surface area contributed by atoms with Gasteiger partial charge in [0.25, 0.3) is 16.0 Å². The van der Waals surface area contributed by atoms with Gasteiger partial charge in [-0.05, 0) is 68.1 Å². The molecule has 0 saturated carbocycles. The Hall–Kier alpha value is -3.53. The highest BCUT2D eigenvalue weighted by atomic mass is 32.2. The van der Waals surface area contributed by atoms with Crippen molar-refractivity contribution in [2.24, 2.45) is 5.73 Å². The average Bonchev–Trinajstić information content (AvgIpc) is 3.29. The topological polar surface area (TPSA) is 127 Å². The van der Waals surface area contributed by atoms with Crippen molar-refractivity contribution in [3.63, 3.8) is 0 Å². The van der Waals surface area contributed by atoms with E-state index in [0.29, 0.717) is 17.0 Å². The number of nitrogens with zero attached hydrogens (tertiary/aromatic N) is 2. The first-order valence-corrected chi connectivity index (χ1v) is 12.8. The summed E-state index contributed by atoms with van der Waals surface area (Å²) < 4.78 is 31.4. The summed E-state index contributed by atoms with van der Waals surface area (Å²) in [6.07, 6.45) is 4.39. The number of nitrogens with one attached hydrogen (secondary N) is 1. The summed E-state index contributed by atoms with van der Waals surface area (Å²) in [7, 11) is -4.02. The summed E-state index contributed by atoms with van der Waals surface area (Å²) in [5.74, 6) is 0.136. The third-order valence-electron chi connectivity index (χ3n) is 6.05. The molecular formula is C26H28N4O4S. The molecule has 1 aliphatic heterocycles. The minimum absolute atomic E-state index is 0.0666. The van der Waals surface area contributed by atoms with Gasteiger partial charge in [0.15, 0.2) is 0 Å². The van der Waals surface area contributed by atoms with Crippen molar-refractivity contribution >= 4 is 26.9 Å². The van der Waals surface area contributed by atoms with E-state index in [1.807, 2.05) is 25.3 Å². The normalized spacial score (nSPS) is 15.9. The van der Waals surface area contributed by atoms with Crippen LogP contribution >= 0.6 is 0 Å². The van der Waals surface area contributed by atoms with Gasteiger partial charge >= 0.3 is 0 Å². The van der Waals surface area contributed by atoms with Gasteiger partial charge in [-0.2, -0.15) is 13.5 Å². The predicted octanol–water partition coefficient (Wildman–Crippen LogP) is 3.83. The van der Waals surface area contributed by atoms with E-state index in [9.17, 15) is 13.2 Å². The molecule has 8 nitrogen and oxygen atoms in total. The number of piperidine rings is 1. The molecule has 0 unspecified atom stereocenters. The molecule has 1 fully saturated rings. The molecule has 9 heteroatoms. The summed E-state index contributed by atoms with van der Waals surface area (Å²) >= 11 is 0. The van der Waals surface area contributed by atoms with Crippen molar-refractivity contribution in [3.05, 3.63) is 89.6 Å². The number of carbonyl (C=O) groups excluding carboxylic acids is 1. The molecule has 1 amide bonds. The summed E-state index contributed by atoms with van der Waals surface area (Å²) in [5, 5.41) is 8.91. The van der Waals surface area contributed by atoms with Crippen LogP contribution < -0.4 is 11.1 Å². The lowest BCUT2D eigenvalue weighted by Crippen LogP contribution is -2.28. The zero-order chi connectivity index (χ0) is 25.0. The second-order valence-electron chi connectivity index (χ2n) is 8.60. The van der Waals surface area contributed by atoms with Crippen molar-refractivity contribution in [2.75, 3.05) is 13.1 Å². The maximum absolute atomic E-state index is 11.5. The van der Waals surface area contributed by atoms with E-state index in [0.717, 1.165) is 29.7 Å². The minimum Gasteiger partial charge on any atom is -0.366 e. The van der Waals surface area contributed by atoms with Crippen molar-refractivity contribution in [2.45, 2.75) is 30.6 Å². The fourth-order valence-electron chi connectivity index (χ4n) is 4.12. The number of rotatable bonds is 4. The monoisotopic (exact) mass is 492 g/mol. The first kappa shape index (κ1) is 24.6. The van der Waals surface area contributed by atoms with Gasteiger partial charge in [-0.3, -0.25) is 9.35 Å². The molecular weight excluding hydrogens is 464 g/mol. The molecule has 35 heavy (non-hydrogen) atoms. The molecule has 1 saturated heterocycles. The van der Waals surface area contributed by atoms with Crippen LogP contribution in [0.4, 0.5) is 0 Å². The number of carbonyl (C=O) groups is 1. The molecule has 0 radical (unpaired) electrons. The standard InChI is InChI=1S/C19H20N4O.C7H8O3S/c20-19(24)17-5-1-3-15-12-23(22-18(15)17)16-8-6-13(7-9-16)14-4-2-10-21-11-14;1-6-2-4-7(5-3-6)11(8,9)10/h1,3,5-9,12,14,21H,2,4,10-11H2,(H2,20,24);2-5H,1H3,(H,8,9,10)/t14-;/m0./s1. The Bertz CT molecular complexity index is 1420. The summed E-state index contributed by atoms with van der Waals surface area (Å²) in [6, 6.07) is 20.0. The van der Waals surface area contributed by atoms with E-state index >= 15 is 0 Å². The quantitative estimate of drug-likeness (QED) is 0.372. The molecule has 4 aromatic rings. The predicted molar refractivity (Wildman–Crippen MR) is 135 cm³/mol. The molecule has 0 aliphatic carbocycles. The van der Waals surface area contributed by atoms with Crippen LogP contribution in [-0.2, 0) is 10.1 Å². The lowest BCUT2D eigenvalue weighted by atomic mass is 9.92. The maximum Gasteiger partial charge on any atom is 0.294 e. The Morgan fingerprint density at radius 2 is 1.80 bits per heavy atom. The van der Waals surface area contributed by atoms with Crippen LogP contribution in [0.5, 0.6) is 0 Å². The minimum atomic E-state index is -4.02. The number of primary amides is 1. The number of amides is 1. The first-order chi connectivity index (χ1) is 16.7. The molecule has 3 aromatic carbocycles. The Labute approximate surface area is 204 Å². The van der Waals surface area contributed by atoms with E-state index in [-0.39, 0.29) is 4.90 Å². The SMILES string of the molecule is Cc1ccc(S(=O)(=O)O)cc1.NC(=O)c1cccc2cn(-c3ccc([C@H]4CCCNC4)cc3)nc12. The number of aromatic nitrogens is 2. The van der Waals surface area contributed by atoms with Crippen LogP contribution in [0.25, 0.3) is 16.6 Å². The van der Waals surface area contributed by atoms with Crippen LogP contribution in [-0.4, -0.2) is 41.7 Å². The lowest BCUT2D eigenvalue weighted by Gasteiger charge is -2.23. The van der Waals surface area contributed by atoms with Gasteiger partial charge < -0.3 is 11.1 Å². The maximum atomic E-state index is 11.5. The van der Waals surface area contributed by atoms with Crippen LogP contribution in [0, 0.1) is 6.92 Å². The van der Waals surface area contributed by atoms with Gasteiger partial charge in [-0.25, -0.2) is 4.68 Å². The van der Waals surface area contributed by atoms with Crippen molar-refractivity contribution in [3.8, 4) is 5.69 Å². The molecule has 2 heterocycles. The number of hydrogen-bond donors (Lipinski definition) is 3. The van der Waals surface area contributed by atoms with Gasteiger partial charge in [-0.15, -0.1) is 0 Å². The van der Waals surface area contributed by atoms with Gasteiger partial charge in [0.1, 0.15) is 5.52 Å². The number of fused-ring (bicyclic) bond motifs is 1. The van der Waals surface area contributed by atoms with Crippen LogP contribution in [0.2, 0.25) is 0 Å². The highest BCUT2D eigenvalue weighted by molar-refractivity contribution is 7.85. The fraction of sp³-hybridized carbons (Fsp3) is 0.231. The zero-order valence-electron chi connectivity index (χ0n) is 19.4. The second kappa shape index (κ2) is 10.4. The Morgan fingerprint density at radius 1 is 1.09 bits per heavy atom. The Kier molecular flexibility index (Phi) is 7.30.